The van der Waals surface area contributed by atoms with Crippen LogP contribution in [-0.4, -0.2) is 80.9 Å². The van der Waals surface area contributed by atoms with Crippen molar-refractivity contribution in [2.45, 2.75) is 70.6 Å². The highest BCUT2D eigenvalue weighted by Crippen LogP contribution is 2.26. The molecule has 2 saturated heterocycles. The van der Waals surface area contributed by atoms with Crippen LogP contribution in [0.25, 0.3) is 0 Å². The first-order valence-corrected chi connectivity index (χ1v) is 10.8. The van der Waals surface area contributed by atoms with Crippen molar-refractivity contribution in [3.05, 3.63) is 18.0 Å². The molecular formula is C21H35N5O3. The Morgan fingerprint density at radius 1 is 1.24 bits per heavy atom. The van der Waals surface area contributed by atoms with Gasteiger partial charge in [-0.15, -0.1) is 0 Å². The van der Waals surface area contributed by atoms with Crippen molar-refractivity contribution in [3.8, 4) is 0 Å². The number of nitrogens with one attached hydrogen (secondary N) is 1. The van der Waals surface area contributed by atoms with Gasteiger partial charge < -0.3 is 20.2 Å². The van der Waals surface area contributed by atoms with Crippen LogP contribution in [-0.2, 0) is 4.79 Å². The van der Waals surface area contributed by atoms with Crippen molar-refractivity contribution >= 4 is 11.8 Å². The van der Waals surface area contributed by atoms with Crippen LogP contribution < -0.4 is 5.32 Å². The number of carbonyl (C=O) groups is 2. The molecule has 8 nitrogen and oxygen atoms in total. The van der Waals surface area contributed by atoms with E-state index < -0.39 is 5.60 Å². The number of β-amino-alcohol motifs (C(OH)–C–C–N with tert-alkyl or cyclic N) is 1. The maximum absolute atomic E-state index is 13.0. The van der Waals surface area contributed by atoms with Crippen LogP contribution in [0.3, 0.4) is 0 Å². The average Bonchev–Trinajstić information content (AvgIpc) is 3.07. The third-order valence-corrected chi connectivity index (χ3v) is 6.10. The fourth-order valence-electron chi connectivity index (χ4n) is 4.54. The summed E-state index contributed by atoms with van der Waals surface area (Å²) in [5.74, 6) is 0.0194. The van der Waals surface area contributed by atoms with Gasteiger partial charge in [-0.05, 0) is 52.0 Å². The second-order valence-electron chi connectivity index (χ2n) is 8.88. The summed E-state index contributed by atoms with van der Waals surface area (Å²) in [5.41, 5.74) is -0.153. The van der Waals surface area contributed by atoms with Gasteiger partial charge in [-0.25, -0.2) is 0 Å². The van der Waals surface area contributed by atoms with Gasteiger partial charge in [-0.1, -0.05) is 0 Å². The molecule has 29 heavy (non-hydrogen) atoms. The number of likely N-dealkylation sites (tertiary alicyclic amines) is 2. The molecule has 2 amide bonds. The molecule has 2 fully saturated rings. The molecule has 0 aromatic carbocycles. The Kier molecular flexibility index (Phi) is 6.95. The van der Waals surface area contributed by atoms with Gasteiger partial charge in [0.25, 0.3) is 5.91 Å². The number of piperidine rings is 1. The summed E-state index contributed by atoms with van der Waals surface area (Å²) < 4.78 is 1.76. The van der Waals surface area contributed by atoms with Crippen LogP contribution in [0.15, 0.2) is 12.3 Å². The van der Waals surface area contributed by atoms with E-state index in [1.807, 2.05) is 18.7 Å². The van der Waals surface area contributed by atoms with Crippen molar-refractivity contribution in [3.63, 3.8) is 0 Å². The van der Waals surface area contributed by atoms with Crippen molar-refractivity contribution in [2.75, 3.05) is 32.7 Å². The fourth-order valence-corrected chi connectivity index (χ4v) is 4.54. The zero-order valence-electron chi connectivity index (χ0n) is 17.9. The van der Waals surface area contributed by atoms with Crippen LogP contribution in [0.5, 0.6) is 0 Å². The zero-order chi connectivity index (χ0) is 21.0. The second kappa shape index (κ2) is 9.26. The molecule has 3 heterocycles. The predicted octanol–water partition coefficient (Wildman–Crippen LogP) is 1.42. The fraction of sp³-hybridized carbons (Fsp3) is 0.762. The quantitative estimate of drug-likeness (QED) is 0.773. The molecule has 0 aliphatic carbocycles. The number of aromatic nitrogens is 2. The van der Waals surface area contributed by atoms with Gasteiger partial charge in [0.15, 0.2) is 0 Å². The standard InChI is InChI=1S/C21H35N5O3/c1-16(2)26-19(5-10-22-26)20(28)25-11-4-8-21(29,9-14-25)15-24-12-6-18(7-13-24)23-17(3)27/h5,10,16,18,29H,4,6-9,11-15H2,1-3H3,(H,23,27). The number of carbonyl (C=O) groups excluding carboxylic acids is 2. The highest BCUT2D eigenvalue weighted by molar-refractivity contribution is 5.92. The topological polar surface area (TPSA) is 90.7 Å². The van der Waals surface area contributed by atoms with Gasteiger partial charge in [0.05, 0.1) is 5.60 Å². The van der Waals surface area contributed by atoms with Crippen LogP contribution in [0.4, 0.5) is 0 Å². The SMILES string of the molecule is CC(=O)NC1CCN(CC2(O)CCCN(C(=O)c3ccnn3C(C)C)CC2)CC1. The lowest BCUT2D eigenvalue weighted by Gasteiger charge is -2.38. The summed E-state index contributed by atoms with van der Waals surface area (Å²) in [7, 11) is 0. The number of nitrogens with zero attached hydrogens (tertiary/aromatic N) is 4. The number of hydrogen-bond donors (Lipinski definition) is 2. The van der Waals surface area contributed by atoms with E-state index in [4.69, 9.17) is 0 Å². The average molecular weight is 406 g/mol. The van der Waals surface area contributed by atoms with Gasteiger partial charge >= 0.3 is 0 Å². The molecule has 0 bridgehead atoms. The lowest BCUT2D eigenvalue weighted by molar-refractivity contribution is -0.120. The number of aliphatic hydroxyl groups is 1. The summed E-state index contributed by atoms with van der Waals surface area (Å²) in [6.45, 7) is 9.19. The van der Waals surface area contributed by atoms with E-state index >= 15 is 0 Å². The molecule has 0 saturated carbocycles. The van der Waals surface area contributed by atoms with Crippen LogP contribution >= 0.6 is 0 Å². The molecule has 2 aliphatic rings. The lowest BCUT2D eigenvalue weighted by Crippen LogP contribution is -2.50. The number of amides is 2. The van der Waals surface area contributed by atoms with Crippen LogP contribution in [0.2, 0.25) is 0 Å². The molecule has 1 unspecified atom stereocenters. The molecule has 1 aromatic heterocycles. The first-order valence-electron chi connectivity index (χ1n) is 10.8. The first kappa shape index (κ1) is 21.8. The summed E-state index contributed by atoms with van der Waals surface area (Å²) in [6.07, 6.45) is 5.58. The third-order valence-electron chi connectivity index (χ3n) is 6.10. The predicted molar refractivity (Wildman–Crippen MR) is 111 cm³/mol. The molecule has 2 aliphatic heterocycles. The maximum Gasteiger partial charge on any atom is 0.272 e. The smallest absolute Gasteiger partial charge is 0.272 e. The van der Waals surface area contributed by atoms with Gasteiger partial charge in [0.2, 0.25) is 5.91 Å². The minimum Gasteiger partial charge on any atom is -0.388 e. The van der Waals surface area contributed by atoms with Crippen molar-refractivity contribution in [2.24, 2.45) is 0 Å². The second-order valence-corrected chi connectivity index (χ2v) is 8.88. The van der Waals surface area contributed by atoms with Crippen molar-refractivity contribution < 1.29 is 14.7 Å². The number of rotatable bonds is 5. The van der Waals surface area contributed by atoms with E-state index in [0.29, 0.717) is 38.2 Å². The van der Waals surface area contributed by atoms with Gasteiger partial charge in [-0.2, -0.15) is 5.10 Å². The molecule has 1 atom stereocenters. The van der Waals surface area contributed by atoms with E-state index in [-0.39, 0.29) is 23.9 Å². The van der Waals surface area contributed by atoms with Gasteiger partial charge in [0, 0.05) is 57.9 Å². The molecule has 8 heteroatoms. The molecule has 0 radical (unpaired) electrons. The van der Waals surface area contributed by atoms with E-state index in [0.717, 1.165) is 32.4 Å². The van der Waals surface area contributed by atoms with E-state index in [9.17, 15) is 14.7 Å². The third kappa shape index (κ3) is 5.57. The van der Waals surface area contributed by atoms with Crippen LogP contribution in [0, 0.1) is 0 Å². The zero-order valence-corrected chi connectivity index (χ0v) is 17.9. The monoisotopic (exact) mass is 405 g/mol. The summed E-state index contributed by atoms with van der Waals surface area (Å²) in [6, 6.07) is 2.15. The number of hydrogen-bond acceptors (Lipinski definition) is 5. The van der Waals surface area contributed by atoms with E-state index in [2.05, 4.69) is 15.3 Å². The lowest BCUT2D eigenvalue weighted by atomic mass is 9.93. The summed E-state index contributed by atoms with van der Waals surface area (Å²) in [4.78, 5) is 28.4. The van der Waals surface area contributed by atoms with E-state index in [1.165, 1.54) is 0 Å². The summed E-state index contributed by atoms with van der Waals surface area (Å²) in [5, 5.41) is 18.5. The molecule has 2 N–H and O–H groups in total. The Morgan fingerprint density at radius 2 is 1.97 bits per heavy atom. The van der Waals surface area contributed by atoms with E-state index in [1.54, 1.807) is 23.9 Å². The van der Waals surface area contributed by atoms with Crippen molar-refractivity contribution in [1.29, 1.82) is 0 Å². The molecular weight excluding hydrogens is 370 g/mol. The van der Waals surface area contributed by atoms with Crippen molar-refractivity contribution in [1.82, 2.24) is 24.9 Å². The molecule has 162 valence electrons. The maximum atomic E-state index is 13.0. The van der Waals surface area contributed by atoms with Gasteiger partial charge in [-0.3, -0.25) is 14.3 Å². The summed E-state index contributed by atoms with van der Waals surface area (Å²) >= 11 is 0. The Hall–Kier alpha value is -1.93. The van der Waals surface area contributed by atoms with Gasteiger partial charge in [0.1, 0.15) is 5.69 Å². The normalized spacial score (nSPS) is 24.5. The Labute approximate surface area is 173 Å². The Balaban J connectivity index is 1.54. The highest BCUT2D eigenvalue weighted by Gasteiger charge is 2.35. The Morgan fingerprint density at radius 3 is 2.62 bits per heavy atom. The highest BCUT2D eigenvalue weighted by atomic mass is 16.3. The first-order chi connectivity index (χ1) is 13.8. The minimum atomic E-state index is -0.770. The molecule has 0 spiro atoms. The largest absolute Gasteiger partial charge is 0.388 e. The molecule has 3 rings (SSSR count). The minimum absolute atomic E-state index is 0.00317. The Bertz CT molecular complexity index is 711. The molecule has 1 aromatic rings. The van der Waals surface area contributed by atoms with Crippen LogP contribution in [0.1, 0.15) is 69.4 Å².